The average Bonchev–Trinajstić information content (AvgIpc) is 2.48. The van der Waals surface area contributed by atoms with Crippen molar-refractivity contribution >= 4 is 0 Å². The van der Waals surface area contributed by atoms with Crippen LogP contribution in [0.4, 0.5) is 0 Å². The van der Waals surface area contributed by atoms with Crippen LogP contribution in [-0.2, 0) is 0 Å². The Kier molecular flexibility index (Phi) is 11.5. The first-order valence-corrected chi connectivity index (χ1v) is 9.86. The van der Waals surface area contributed by atoms with Crippen LogP contribution < -0.4 is 0 Å². The molecule has 0 aromatic heterocycles. The summed E-state index contributed by atoms with van der Waals surface area (Å²) in [5, 5.41) is 0. The summed E-state index contributed by atoms with van der Waals surface area (Å²) in [5.74, 6) is 2.18. The van der Waals surface area contributed by atoms with E-state index in [1.54, 1.807) is 25.7 Å². The average molecular weight is 281 g/mol. The van der Waals surface area contributed by atoms with Crippen LogP contribution in [0.1, 0.15) is 117 Å². The largest absolute Gasteiger partial charge is 0.0654 e. The minimum atomic E-state index is 1.09. The topological polar surface area (TPSA) is 0 Å². The van der Waals surface area contributed by atoms with Gasteiger partial charge in [-0.2, -0.15) is 0 Å². The molecule has 1 aliphatic rings. The van der Waals surface area contributed by atoms with Crippen molar-refractivity contribution in [2.75, 3.05) is 0 Å². The molecule has 0 amide bonds. The Hall–Kier alpha value is 0. The minimum Gasteiger partial charge on any atom is -0.0654 e. The number of unbranched alkanes of at least 4 members (excludes halogenated alkanes) is 8. The van der Waals surface area contributed by atoms with E-state index in [4.69, 9.17) is 0 Å². The summed E-state index contributed by atoms with van der Waals surface area (Å²) in [7, 11) is 0. The third-order valence-electron chi connectivity index (χ3n) is 5.40. The van der Waals surface area contributed by atoms with Crippen LogP contribution in [-0.4, -0.2) is 0 Å². The van der Waals surface area contributed by atoms with E-state index in [1.807, 2.05) is 0 Å². The fourth-order valence-corrected chi connectivity index (χ4v) is 3.88. The lowest BCUT2D eigenvalue weighted by atomic mass is 9.78. The van der Waals surface area contributed by atoms with Crippen LogP contribution in [0.5, 0.6) is 0 Å². The molecule has 0 aromatic carbocycles. The van der Waals surface area contributed by atoms with Crippen molar-refractivity contribution in [2.45, 2.75) is 117 Å². The summed E-state index contributed by atoms with van der Waals surface area (Å²) < 4.78 is 0. The maximum absolute atomic E-state index is 2.31. The summed E-state index contributed by atoms with van der Waals surface area (Å²) in [5.41, 5.74) is 0. The molecule has 0 radical (unpaired) electrons. The van der Waals surface area contributed by atoms with Gasteiger partial charge < -0.3 is 0 Å². The second kappa shape index (κ2) is 12.7. The first kappa shape index (κ1) is 18.1. The molecule has 0 nitrogen and oxygen atoms in total. The highest BCUT2D eigenvalue weighted by molar-refractivity contribution is 4.72. The molecule has 0 heteroatoms. The molecule has 0 unspecified atom stereocenters. The van der Waals surface area contributed by atoms with E-state index in [9.17, 15) is 0 Å². The van der Waals surface area contributed by atoms with E-state index in [0.717, 1.165) is 11.8 Å². The molecule has 0 aromatic rings. The Morgan fingerprint density at radius 1 is 0.500 bits per heavy atom. The molecule has 0 bridgehead atoms. The van der Waals surface area contributed by atoms with Gasteiger partial charge in [-0.3, -0.25) is 0 Å². The quantitative estimate of drug-likeness (QED) is 0.324. The normalized spacial score (nSPS) is 23.1. The monoisotopic (exact) mass is 280 g/mol. The van der Waals surface area contributed by atoms with Crippen LogP contribution in [0.25, 0.3) is 0 Å². The molecule has 20 heavy (non-hydrogen) atoms. The minimum absolute atomic E-state index is 1.09. The summed E-state index contributed by atoms with van der Waals surface area (Å²) in [4.78, 5) is 0. The number of rotatable bonds is 12. The summed E-state index contributed by atoms with van der Waals surface area (Å²) >= 11 is 0. The van der Waals surface area contributed by atoms with Gasteiger partial charge in [0.25, 0.3) is 0 Å². The molecule has 1 fully saturated rings. The zero-order valence-corrected chi connectivity index (χ0v) is 14.5. The lowest BCUT2D eigenvalue weighted by molar-refractivity contribution is 0.244. The fourth-order valence-electron chi connectivity index (χ4n) is 3.88. The second-order valence-corrected chi connectivity index (χ2v) is 7.29. The van der Waals surface area contributed by atoms with Crippen LogP contribution in [0, 0.1) is 11.8 Å². The molecular formula is C20H40. The summed E-state index contributed by atoms with van der Waals surface area (Å²) in [6.07, 6.45) is 23.9. The van der Waals surface area contributed by atoms with Gasteiger partial charge in [-0.1, -0.05) is 117 Å². The number of hydrogen-bond acceptors (Lipinski definition) is 0. The van der Waals surface area contributed by atoms with Crippen LogP contribution >= 0.6 is 0 Å². The van der Waals surface area contributed by atoms with Crippen molar-refractivity contribution in [2.24, 2.45) is 11.8 Å². The van der Waals surface area contributed by atoms with Crippen LogP contribution in [0.2, 0.25) is 0 Å². The second-order valence-electron chi connectivity index (χ2n) is 7.29. The molecule has 1 saturated carbocycles. The zero-order valence-electron chi connectivity index (χ0n) is 14.5. The van der Waals surface area contributed by atoms with Gasteiger partial charge in [0.2, 0.25) is 0 Å². The van der Waals surface area contributed by atoms with Gasteiger partial charge in [0.15, 0.2) is 0 Å². The lowest BCUT2D eigenvalue weighted by Crippen LogP contribution is -2.14. The third-order valence-corrected chi connectivity index (χ3v) is 5.40. The molecule has 0 spiro atoms. The molecule has 0 saturated heterocycles. The van der Waals surface area contributed by atoms with E-state index in [2.05, 4.69) is 13.8 Å². The molecule has 1 aliphatic carbocycles. The van der Waals surface area contributed by atoms with Crippen molar-refractivity contribution in [3.63, 3.8) is 0 Å². The Morgan fingerprint density at radius 2 is 0.850 bits per heavy atom. The summed E-state index contributed by atoms with van der Waals surface area (Å²) in [6.45, 7) is 4.62. The molecule has 0 atom stereocenters. The summed E-state index contributed by atoms with van der Waals surface area (Å²) in [6, 6.07) is 0. The highest BCUT2D eigenvalue weighted by Crippen LogP contribution is 2.34. The van der Waals surface area contributed by atoms with E-state index in [0.29, 0.717) is 0 Å². The van der Waals surface area contributed by atoms with Gasteiger partial charge in [-0.25, -0.2) is 0 Å². The van der Waals surface area contributed by atoms with E-state index >= 15 is 0 Å². The molecule has 120 valence electrons. The Morgan fingerprint density at radius 3 is 1.20 bits per heavy atom. The zero-order chi connectivity index (χ0) is 14.5. The van der Waals surface area contributed by atoms with Gasteiger partial charge in [0.05, 0.1) is 0 Å². The van der Waals surface area contributed by atoms with E-state index < -0.39 is 0 Å². The Labute approximate surface area is 129 Å². The van der Waals surface area contributed by atoms with Gasteiger partial charge in [-0.05, 0) is 11.8 Å². The smallest absolute Gasteiger partial charge is 0.0414 e. The maximum atomic E-state index is 2.31. The molecular weight excluding hydrogens is 240 g/mol. The molecule has 0 N–H and O–H groups in total. The third kappa shape index (κ3) is 9.03. The molecule has 1 rings (SSSR count). The highest BCUT2D eigenvalue weighted by atomic mass is 14.3. The van der Waals surface area contributed by atoms with Crippen molar-refractivity contribution in [3.05, 3.63) is 0 Å². The van der Waals surface area contributed by atoms with Gasteiger partial charge in [0.1, 0.15) is 0 Å². The van der Waals surface area contributed by atoms with Gasteiger partial charge >= 0.3 is 0 Å². The molecule has 0 heterocycles. The fraction of sp³-hybridized carbons (Fsp3) is 1.00. The molecule has 0 aliphatic heterocycles. The van der Waals surface area contributed by atoms with Crippen molar-refractivity contribution in [3.8, 4) is 0 Å². The first-order valence-electron chi connectivity index (χ1n) is 9.86. The van der Waals surface area contributed by atoms with Crippen molar-refractivity contribution in [1.82, 2.24) is 0 Å². The highest BCUT2D eigenvalue weighted by Gasteiger charge is 2.20. The predicted molar refractivity (Wildman–Crippen MR) is 92.2 cm³/mol. The Bertz CT molecular complexity index is 166. The number of hydrogen-bond donors (Lipinski definition) is 0. The van der Waals surface area contributed by atoms with E-state index in [1.165, 1.54) is 77.0 Å². The standard InChI is InChI=1S/C20H40/c1-3-5-7-9-11-13-19-15-17-20(18-16-19)14-12-10-8-6-4-2/h19-20H,3-18H2,1-2H3. The van der Waals surface area contributed by atoms with Crippen molar-refractivity contribution < 1.29 is 0 Å². The SMILES string of the molecule is CCCCCCCC1CCC(CCCCCCC)CC1. The van der Waals surface area contributed by atoms with Gasteiger partial charge in [-0.15, -0.1) is 0 Å². The van der Waals surface area contributed by atoms with E-state index in [-0.39, 0.29) is 0 Å². The lowest BCUT2D eigenvalue weighted by Gasteiger charge is -2.28. The first-order chi connectivity index (χ1) is 9.86. The van der Waals surface area contributed by atoms with Gasteiger partial charge in [0, 0.05) is 0 Å². The van der Waals surface area contributed by atoms with Crippen LogP contribution in [0.15, 0.2) is 0 Å². The maximum Gasteiger partial charge on any atom is -0.0414 e. The predicted octanol–water partition coefficient (Wildman–Crippen LogP) is 7.51. The Balaban J connectivity index is 1.91. The van der Waals surface area contributed by atoms with Crippen molar-refractivity contribution in [1.29, 1.82) is 0 Å². The van der Waals surface area contributed by atoms with Crippen LogP contribution in [0.3, 0.4) is 0 Å².